The van der Waals surface area contributed by atoms with E-state index in [2.05, 4.69) is 26.3 Å². The Hall–Kier alpha value is -4.37. The van der Waals surface area contributed by atoms with E-state index in [-0.39, 0.29) is 5.91 Å². The molecule has 0 saturated carbocycles. The van der Waals surface area contributed by atoms with Crippen LogP contribution in [0, 0.1) is 18.3 Å². The molecule has 0 saturated heterocycles. The van der Waals surface area contributed by atoms with Gasteiger partial charge in [0.25, 0.3) is 5.91 Å². The fourth-order valence-corrected chi connectivity index (χ4v) is 3.13. The van der Waals surface area contributed by atoms with E-state index in [1.54, 1.807) is 43.0 Å². The van der Waals surface area contributed by atoms with Crippen LogP contribution in [-0.2, 0) is 6.54 Å². The summed E-state index contributed by atoms with van der Waals surface area (Å²) in [7, 11) is 0. The molecule has 4 rings (SSSR count). The van der Waals surface area contributed by atoms with E-state index in [1.807, 2.05) is 43.3 Å². The first-order valence-electron chi connectivity index (χ1n) is 9.74. The van der Waals surface area contributed by atoms with E-state index >= 15 is 0 Å². The van der Waals surface area contributed by atoms with Crippen LogP contribution in [0.3, 0.4) is 0 Å². The molecule has 3 aromatic heterocycles. The predicted octanol–water partition coefficient (Wildman–Crippen LogP) is 4.32. The van der Waals surface area contributed by atoms with Gasteiger partial charge in [-0.05, 0) is 53.9 Å². The second-order valence-corrected chi connectivity index (χ2v) is 7.11. The van der Waals surface area contributed by atoms with Crippen LogP contribution >= 0.6 is 0 Å². The van der Waals surface area contributed by atoms with E-state index in [4.69, 9.17) is 5.26 Å². The molecule has 1 aromatic carbocycles. The van der Waals surface area contributed by atoms with Gasteiger partial charge in [0.15, 0.2) is 0 Å². The van der Waals surface area contributed by atoms with Crippen molar-refractivity contribution < 1.29 is 4.79 Å². The number of aromatic nitrogens is 3. The molecule has 0 atom stereocenters. The molecule has 0 spiro atoms. The Bertz CT molecular complexity index is 1260. The molecule has 6 nitrogen and oxygen atoms in total. The molecule has 31 heavy (non-hydrogen) atoms. The summed E-state index contributed by atoms with van der Waals surface area (Å²) in [6.45, 7) is 2.34. The van der Waals surface area contributed by atoms with Gasteiger partial charge >= 0.3 is 0 Å². The smallest absolute Gasteiger partial charge is 0.270 e. The molecular weight excluding hydrogens is 386 g/mol. The highest BCUT2D eigenvalue weighted by atomic mass is 16.1. The Labute approximate surface area is 180 Å². The maximum absolute atomic E-state index is 12.4. The Morgan fingerprint density at radius 2 is 1.84 bits per heavy atom. The molecule has 150 valence electrons. The minimum atomic E-state index is -0.260. The maximum Gasteiger partial charge on any atom is 0.270 e. The Balaban J connectivity index is 1.39. The molecule has 0 fully saturated rings. The molecule has 0 bridgehead atoms. The van der Waals surface area contributed by atoms with E-state index in [1.165, 1.54) is 0 Å². The van der Waals surface area contributed by atoms with Crippen LogP contribution in [0.25, 0.3) is 22.4 Å². The minimum Gasteiger partial charge on any atom is -0.347 e. The van der Waals surface area contributed by atoms with Gasteiger partial charge in [-0.1, -0.05) is 24.3 Å². The van der Waals surface area contributed by atoms with Crippen LogP contribution < -0.4 is 5.32 Å². The second kappa shape index (κ2) is 8.97. The maximum atomic E-state index is 12.4. The van der Waals surface area contributed by atoms with Crippen molar-refractivity contribution in [3.05, 3.63) is 102 Å². The number of nitriles is 1. The predicted molar refractivity (Wildman–Crippen MR) is 118 cm³/mol. The molecule has 3 heterocycles. The fourth-order valence-electron chi connectivity index (χ4n) is 3.13. The van der Waals surface area contributed by atoms with E-state index in [0.717, 1.165) is 33.5 Å². The van der Waals surface area contributed by atoms with Crippen LogP contribution in [0.15, 0.2) is 79.4 Å². The number of aryl methyl sites for hydroxylation is 1. The summed E-state index contributed by atoms with van der Waals surface area (Å²) in [6.07, 6.45) is 6.97. The summed E-state index contributed by atoms with van der Waals surface area (Å²) in [6, 6.07) is 18.8. The van der Waals surface area contributed by atoms with Crippen molar-refractivity contribution in [3.63, 3.8) is 0 Å². The quantitative estimate of drug-likeness (QED) is 0.534. The number of hydrogen-bond acceptors (Lipinski definition) is 5. The van der Waals surface area contributed by atoms with Crippen molar-refractivity contribution in [2.24, 2.45) is 0 Å². The van der Waals surface area contributed by atoms with Crippen LogP contribution in [0.1, 0.15) is 27.2 Å². The van der Waals surface area contributed by atoms with Crippen molar-refractivity contribution in [3.8, 4) is 28.5 Å². The highest BCUT2D eigenvalue weighted by Crippen LogP contribution is 2.20. The van der Waals surface area contributed by atoms with Crippen molar-refractivity contribution in [1.82, 2.24) is 20.3 Å². The first-order valence-corrected chi connectivity index (χ1v) is 9.74. The number of rotatable bonds is 5. The van der Waals surface area contributed by atoms with Gasteiger partial charge in [-0.25, -0.2) is 0 Å². The zero-order chi connectivity index (χ0) is 21.6. The summed E-state index contributed by atoms with van der Waals surface area (Å²) >= 11 is 0. The third-order valence-electron chi connectivity index (χ3n) is 4.77. The van der Waals surface area contributed by atoms with Gasteiger partial charge < -0.3 is 5.32 Å². The van der Waals surface area contributed by atoms with Gasteiger partial charge in [-0.3, -0.25) is 19.7 Å². The fraction of sp³-hybridized carbons (Fsp3) is 0.0800. The molecule has 4 aromatic rings. The Morgan fingerprint density at radius 1 is 0.935 bits per heavy atom. The average molecular weight is 405 g/mol. The number of amides is 1. The van der Waals surface area contributed by atoms with Gasteiger partial charge in [0.2, 0.25) is 0 Å². The first-order chi connectivity index (χ1) is 15.1. The van der Waals surface area contributed by atoms with Gasteiger partial charge in [0.1, 0.15) is 5.69 Å². The van der Waals surface area contributed by atoms with E-state index < -0.39 is 0 Å². The number of carbonyl (C=O) groups is 1. The van der Waals surface area contributed by atoms with E-state index in [9.17, 15) is 4.79 Å². The number of hydrogen-bond donors (Lipinski definition) is 1. The first kappa shape index (κ1) is 19.9. The molecule has 0 aliphatic carbocycles. The normalized spacial score (nSPS) is 10.3. The highest BCUT2D eigenvalue weighted by Gasteiger charge is 2.09. The topological polar surface area (TPSA) is 91.6 Å². The Kier molecular flexibility index (Phi) is 5.77. The summed E-state index contributed by atoms with van der Waals surface area (Å²) < 4.78 is 0. The molecular formula is C25H19N5O. The average Bonchev–Trinajstić information content (AvgIpc) is 2.83. The second-order valence-electron chi connectivity index (χ2n) is 7.11. The van der Waals surface area contributed by atoms with Crippen molar-refractivity contribution in [1.29, 1.82) is 5.26 Å². The minimum absolute atomic E-state index is 0.260. The number of nitrogens with zero attached hydrogens (tertiary/aromatic N) is 4. The number of pyridine rings is 3. The molecule has 1 amide bonds. The summed E-state index contributed by atoms with van der Waals surface area (Å²) in [5, 5.41) is 11.9. The SMILES string of the molecule is Cc1cncc(-c2ccc(CNC(=O)c3ccc(-c4cccc(C#N)c4)cn3)cn2)c1. The third-order valence-corrected chi connectivity index (χ3v) is 4.77. The standard InChI is InChI=1S/C25H19N5O/c1-17-9-22(15-27-12-17)23-7-5-19(13-28-23)14-30-25(31)24-8-6-21(16-29-24)20-4-2-3-18(10-20)11-26/h2-10,12-13,15-16H,14H2,1H3,(H,30,31). The van der Waals surface area contributed by atoms with E-state index in [0.29, 0.717) is 17.8 Å². The van der Waals surface area contributed by atoms with Crippen LogP contribution in [0.5, 0.6) is 0 Å². The lowest BCUT2D eigenvalue weighted by molar-refractivity contribution is 0.0946. The molecule has 0 radical (unpaired) electrons. The lowest BCUT2D eigenvalue weighted by atomic mass is 10.0. The molecule has 6 heteroatoms. The summed E-state index contributed by atoms with van der Waals surface area (Å²) in [4.78, 5) is 25.4. The van der Waals surface area contributed by atoms with Gasteiger partial charge in [-0.2, -0.15) is 5.26 Å². The molecule has 1 N–H and O–H groups in total. The third kappa shape index (κ3) is 4.80. The van der Waals surface area contributed by atoms with Gasteiger partial charge in [0, 0.05) is 42.5 Å². The monoisotopic (exact) mass is 405 g/mol. The van der Waals surface area contributed by atoms with Crippen molar-refractivity contribution in [2.75, 3.05) is 0 Å². The van der Waals surface area contributed by atoms with Crippen molar-refractivity contribution in [2.45, 2.75) is 13.5 Å². The number of carbonyl (C=O) groups excluding carboxylic acids is 1. The van der Waals surface area contributed by atoms with Gasteiger partial charge in [0.05, 0.1) is 17.3 Å². The number of benzene rings is 1. The van der Waals surface area contributed by atoms with Crippen LogP contribution in [0.2, 0.25) is 0 Å². The zero-order valence-electron chi connectivity index (χ0n) is 16.9. The lowest BCUT2D eigenvalue weighted by Gasteiger charge is -2.07. The zero-order valence-corrected chi connectivity index (χ0v) is 16.9. The molecule has 0 aliphatic rings. The molecule has 0 unspecified atom stereocenters. The van der Waals surface area contributed by atoms with Crippen molar-refractivity contribution >= 4 is 5.91 Å². The van der Waals surface area contributed by atoms with Crippen LogP contribution in [0.4, 0.5) is 0 Å². The largest absolute Gasteiger partial charge is 0.347 e. The molecule has 0 aliphatic heterocycles. The summed E-state index contributed by atoms with van der Waals surface area (Å²) in [5.41, 5.74) is 6.40. The summed E-state index contributed by atoms with van der Waals surface area (Å²) in [5.74, 6) is -0.260. The number of nitrogens with one attached hydrogen (secondary N) is 1. The Morgan fingerprint density at radius 3 is 2.55 bits per heavy atom. The van der Waals surface area contributed by atoms with Crippen LogP contribution in [-0.4, -0.2) is 20.9 Å². The highest BCUT2D eigenvalue weighted by molar-refractivity contribution is 5.92. The van der Waals surface area contributed by atoms with Gasteiger partial charge in [-0.15, -0.1) is 0 Å². The lowest BCUT2D eigenvalue weighted by Crippen LogP contribution is -2.23.